The van der Waals surface area contributed by atoms with Gasteiger partial charge in [0.2, 0.25) is 0 Å². The number of hydrogen-bond donors (Lipinski definition) is 2. The highest BCUT2D eigenvalue weighted by Crippen LogP contribution is 2.31. The van der Waals surface area contributed by atoms with E-state index in [2.05, 4.69) is 22.5 Å². The van der Waals surface area contributed by atoms with Crippen LogP contribution in [-0.4, -0.2) is 57.9 Å². The van der Waals surface area contributed by atoms with Crippen molar-refractivity contribution in [1.29, 1.82) is 5.26 Å². The van der Waals surface area contributed by atoms with Crippen LogP contribution < -0.4 is 10.6 Å². The lowest BCUT2D eigenvalue weighted by Crippen LogP contribution is -2.32. The number of aromatic nitrogens is 1. The topological polar surface area (TPSA) is 121 Å². The molecule has 2 N–H and O–H groups in total. The zero-order valence-corrected chi connectivity index (χ0v) is 22.5. The van der Waals surface area contributed by atoms with Gasteiger partial charge in [-0.25, -0.2) is 16.8 Å². The molecule has 3 aromatic rings. The van der Waals surface area contributed by atoms with Crippen LogP contribution in [0.3, 0.4) is 0 Å². The number of hydrogen-bond acceptors (Lipinski definition) is 7. The first-order chi connectivity index (χ1) is 18.3. The summed E-state index contributed by atoms with van der Waals surface area (Å²) >= 11 is 0. The Balaban J connectivity index is 1.60. The third kappa shape index (κ3) is 7.05. The van der Waals surface area contributed by atoms with Crippen LogP contribution in [-0.2, 0) is 26.2 Å². The second-order valence-electron chi connectivity index (χ2n) is 9.29. The van der Waals surface area contributed by atoms with E-state index >= 15 is 0 Å². The lowest BCUT2D eigenvalue weighted by atomic mass is 10.1. The summed E-state index contributed by atoms with van der Waals surface area (Å²) in [6.45, 7) is -1.26. The van der Waals surface area contributed by atoms with Crippen LogP contribution in [0.4, 0.5) is 24.5 Å². The molecular weight excluding hydrogens is 553 g/mol. The molecule has 2 aromatic carbocycles. The van der Waals surface area contributed by atoms with Gasteiger partial charge in [0.15, 0.2) is 9.84 Å². The number of nitriles is 1. The number of alkyl halides is 3. The third-order valence-corrected chi connectivity index (χ3v) is 9.15. The van der Waals surface area contributed by atoms with Gasteiger partial charge in [0.1, 0.15) is 22.5 Å². The molecule has 1 fully saturated rings. The number of benzene rings is 2. The molecule has 0 radical (unpaired) electrons. The molecule has 0 spiro atoms. The minimum absolute atomic E-state index is 0.00776. The molecule has 0 bridgehead atoms. The van der Waals surface area contributed by atoms with Crippen LogP contribution in [0.1, 0.15) is 24.1 Å². The number of sulfone groups is 2. The average molecular weight is 579 g/mol. The largest absolute Gasteiger partial charge is 0.406 e. The third-order valence-electron chi connectivity index (χ3n) is 6.32. The summed E-state index contributed by atoms with van der Waals surface area (Å²) in [5, 5.41) is 16.1. The molecule has 206 valence electrons. The van der Waals surface area contributed by atoms with E-state index in [4.69, 9.17) is 0 Å². The molecule has 0 saturated carbocycles. The molecule has 2 heterocycles. The van der Waals surface area contributed by atoms with Crippen molar-refractivity contribution in [3.8, 4) is 17.9 Å². The van der Waals surface area contributed by atoms with E-state index in [0.29, 0.717) is 35.1 Å². The van der Waals surface area contributed by atoms with Crippen molar-refractivity contribution < 1.29 is 30.0 Å². The van der Waals surface area contributed by atoms with Gasteiger partial charge in [-0.2, -0.15) is 18.4 Å². The van der Waals surface area contributed by atoms with E-state index in [9.17, 15) is 35.3 Å². The highest BCUT2D eigenvalue weighted by Gasteiger charge is 2.30. The number of fused-ring (bicyclic) bond motifs is 1. The maximum atomic E-state index is 13.5. The molecule has 1 saturated heterocycles. The fourth-order valence-corrected chi connectivity index (χ4v) is 6.53. The molecule has 1 aliphatic heterocycles. The number of nitrogens with zero attached hydrogens (tertiary/aromatic N) is 2. The highest BCUT2D eigenvalue weighted by molar-refractivity contribution is 7.91. The van der Waals surface area contributed by atoms with Gasteiger partial charge in [-0.05, 0) is 55.2 Å². The molecule has 1 aromatic heterocycles. The van der Waals surface area contributed by atoms with Gasteiger partial charge >= 0.3 is 6.18 Å². The predicted octanol–water partition coefficient (Wildman–Crippen LogP) is 3.93. The maximum absolute atomic E-state index is 13.5. The highest BCUT2D eigenvalue weighted by atomic mass is 32.2. The van der Waals surface area contributed by atoms with Gasteiger partial charge in [-0.3, -0.25) is 0 Å². The molecule has 4 rings (SSSR count). The molecule has 0 amide bonds. The zero-order chi connectivity index (χ0) is 28.4. The SMILES string of the molecule is CS(=O)(=O)c1ccc(NCC#Cc2cc3c(NC4CCS(=O)(=O)CC4)cccc3n2CC(F)(F)F)c(C#N)c1. The van der Waals surface area contributed by atoms with E-state index in [-0.39, 0.29) is 40.2 Å². The Hall–Kier alpha value is -3.68. The summed E-state index contributed by atoms with van der Waals surface area (Å²) in [5.41, 5.74) is 1.51. The van der Waals surface area contributed by atoms with Crippen LogP contribution in [0.15, 0.2) is 47.4 Å². The summed E-state index contributed by atoms with van der Waals surface area (Å²) in [6, 6.07) is 12.3. The minimum Gasteiger partial charge on any atom is -0.382 e. The van der Waals surface area contributed by atoms with Gasteiger partial charge in [0, 0.05) is 23.4 Å². The maximum Gasteiger partial charge on any atom is 0.406 e. The number of anilines is 2. The lowest BCUT2D eigenvalue weighted by molar-refractivity contribution is -0.140. The van der Waals surface area contributed by atoms with Crippen molar-refractivity contribution in [1.82, 2.24) is 4.57 Å². The quantitative estimate of drug-likeness (QED) is 0.425. The summed E-state index contributed by atoms with van der Waals surface area (Å²) in [4.78, 5) is -0.00776. The molecule has 13 heteroatoms. The first-order valence-corrected chi connectivity index (χ1v) is 15.6. The van der Waals surface area contributed by atoms with Crippen LogP contribution >= 0.6 is 0 Å². The Bertz CT molecular complexity index is 1710. The van der Waals surface area contributed by atoms with Crippen LogP contribution in [0.25, 0.3) is 10.9 Å². The predicted molar refractivity (Wildman–Crippen MR) is 143 cm³/mol. The van der Waals surface area contributed by atoms with Gasteiger partial charge in [0.25, 0.3) is 0 Å². The van der Waals surface area contributed by atoms with Crippen molar-refractivity contribution in [2.24, 2.45) is 0 Å². The smallest absolute Gasteiger partial charge is 0.382 e. The summed E-state index contributed by atoms with van der Waals surface area (Å²) < 4.78 is 88.4. The molecule has 8 nitrogen and oxygen atoms in total. The normalized spacial score (nSPS) is 15.8. The summed E-state index contributed by atoms with van der Waals surface area (Å²) in [5.74, 6) is 5.67. The Morgan fingerprint density at radius 3 is 2.46 bits per heavy atom. The van der Waals surface area contributed by atoms with Crippen molar-refractivity contribution in [2.45, 2.75) is 36.5 Å². The van der Waals surface area contributed by atoms with Crippen molar-refractivity contribution in [3.05, 3.63) is 53.7 Å². The average Bonchev–Trinajstić information content (AvgIpc) is 3.19. The first-order valence-electron chi connectivity index (χ1n) is 11.9. The van der Waals surface area contributed by atoms with Gasteiger partial charge in [-0.1, -0.05) is 12.0 Å². The Morgan fingerprint density at radius 2 is 1.82 bits per heavy atom. The van der Waals surface area contributed by atoms with E-state index in [0.717, 1.165) is 10.8 Å². The van der Waals surface area contributed by atoms with Crippen LogP contribution in [0, 0.1) is 23.2 Å². The molecule has 39 heavy (non-hydrogen) atoms. The molecular formula is C26H25F3N4O4S2. The Morgan fingerprint density at radius 1 is 1.10 bits per heavy atom. The zero-order valence-electron chi connectivity index (χ0n) is 20.8. The van der Waals surface area contributed by atoms with E-state index in [1.165, 1.54) is 18.2 Å². The fraction of sp³-hybridized carbons (Fsp3) is 0.346. The Kier molecular flexibility index (Phi) is 7.87. The number of nitrogens with one attached hydrogen (secondary N) is 2. The molecule has 0 unspecified atom stereocenters. The van der Waals surface area contributed by atoms with Crippen LogP contribution in [0.5, 0.6) is 0 Å². The van der Waals surface area contributed by atoms with Crippen molar-refractivity contribution in [3.63, 3.8) is 0 Å². The van der Waals surface area contributed by atoms with E-state index in [1.807, 2.05) is 6.07 Å². The standard InChI is InChI=1S/C26H25F3N4O4S2/c1-38(34,35)21-7-8-23(18(14-21)16-30)31-11-3-4-20-15-22-24(32-19-9-12-39(36,37)13-10-19)5-2-6-25(22)33(20)17-26(27,28)29/h2,5-8,14-15,19,31-32H,9-13,17H2,1H3. The minimum atomic E-state index is -4.50. The number of rotatable bonds is 6. The Labute approximate surface area is 224 Å². The molecule has 0 atom stereocenters. The van der Waals surface area contributed by atoms with E-state index in [1.54, 1.807) is 24.3 Å². The van der Waals surface area contributed by atoms with E-state index < -0.39 is 32.4 Å². The first kappa shape index (κ1) is 28.3. The van der Waals surface area contributed by atoms with Crippen LogP contribution in [0.2, 0.25) is 0 Å². The summed E-state index contributed by atoms with van der Waals surface area (Å²) in [6.07, 6.45) is -2.64. The second kappa shape index (κ2) is 10.8. The fourth-order valence-electron chi connectivity index (χ4n) is 4.39. The van der Waals surface area contributed by atoms with Gasteiger partial charge in [0.05, 0.1) is 45.4 Å². The van der Waals surface area contributed by atoms with Crippen molar-refractivity contribution >= 4 is 42.0 Å². The second-order valence-corrected chi connectivity index (χ2v) is 13.6. The van der Waals surface area contributed by atoms with Gasteiger partial charge in [-0.15, -0.1) is 0 Å². The lowest BCUT2D eigenvalue weighted by Gasteiger charge is -2.24. The molecule has 1 aliphatic rings. The van der Waals surface area contributed by atoms with Crippen molar-refractivity contribution in [2.75, 3.05) is 34.9 Å². The number of halogens is 3. The molecule has 0 aliphatic carbocycles. The summed E-state index contributed by atoms with van der Waals surface area (Å²) in [7, 11) is -6.56. The van der Waals surface area contributed by atoms with Gasteiger partial charge < -0.3 is 15.2 Å². The monoisotopic (exact) mass is 578 g/mol.